The summed E-state index contributed by atoms with van der Waals surface area (Å²) in [5.41, 5.74) is -0.351. The number of carbonyl (C=O) groups is 2. The van der Waals surface area contributed by atoms with E-state index in [9.17, 15) is 23.5 Å². The van der Waals surface area contributed by atoms with E-state index in [4.69, 9.17) is 9.47 Å². The van der Waals surface area contributed by atoms with Crippen LogP contribution in [0.1, 0.15) is 63.8 Å². The van der Waals surface area contributed by atoms with E-state index in [2.05, 4.69) is 10.3 Å². The molecule has 1 heterocycles. The van der Waals surface area contributed by atoms with Gasteiger partial charge in [0.25, 0.3) is 5.92 Å². The third-order valence-electron chi connectivity index (χ3n) is 6.39. The zero-order valence-corrected chi connectivity index (χ0v) is 21.5. The SMILES string of the molecule is CCOc1cc(OCC)nc(C(C)N(CCCCc2ccccc2)C(=O)NC2(C(=O)O)CC(F)(F)C2)c1. The summed E-state index contributed by atoms with van der Waals surface area (Å²) in [7, 11) is 0. The molecular formula is C27H35F2N3O5. The van der Waals surface area contributed by atoms with Gasteiger partial charge >= 0.3 is 12.0 Å². The number of ether oxygens (including phenoxy) is 2. The molecule has 1 saturated carbocycles. The van der Waals surface area contributed by atoms with Crippen LogP contribution >= 0.6 is 0 Å². The molecule has 1 aliphatic rings. The quantitative estimate of drug-likeness (QED) is 0.352. The molecule has 3 rings (SSSR count). The van der Waals surface area contributed by atoms with Gasteiger partial charge in [-0.15, -0.1) is 0 Å². The number of hydrogen-bond donors (Lipinski definition) is 2. The van der Waals surface area contributed by atoms with Gasteiger partial charge in [0.2, 0.25) is 5.88 Å². The van der Waals surface area contributed by atoms with Crippen molar-refractivity contribution >= 4 is 12.0 Å². The molecule has 0 radical (unpaired) electrons. The first kappa shape index (κ1) is 28.1. The van der Waals surface area contributed by atoms with Gasteiger partial charge in [0.05, 0.1) is 24.9 Å². The number of amides is 2. The summed E-state index contributed by atoms with van der Waals surface area (Å²) in [6.07, 6.45) is 0.321. The minimum atomic E-state index is -3.13. The second kappa shape index (κ2) is 12.2. The number of hydrogen-bond acceptors (Lipinski definition) is 5. The van der Waals surface area contributed by atoms with Crippen LogP contribution in [-0.4, -0.2) is 58.2 Å². The molecule has 1 aliphatic carbocycles. The number of nitrogens with one attached hydrogen (secondary N) is 1. The van der Waals surface area contributed by atoms with E-state index < -0.39 is 42.3 Å². The maximum atomic E-state index is 13.6. The average Bonchev–Trinajstić information content (AvgIpc) is 2.83. The van der Waals surface area contributed by atoms with E-state index in [-0.39, 0.29) is 6.54 Å². The van der Waals surface area contributed by atoms with Gasteiger partial charge in [-0.1, -0.05) is 30.3 Å². The number of carbonyl (C=O) groups excluding carboxylic acids is 1. The summed E-state index contributed by atoms with van der Waals surface area (Å²) >= 11 is 0. The Bertz CT molecular complexity index is 1040. The van der Waals surface area contributed by atoms with E-state index in [0.29, 0.717) is 37.0 Å². The van der Waals surface area contributed by atoms with Crippen LogP contribution in [0.3, 0.4) is 0 Å². The first-order valence-corrected chi connectivity index (χ1v) is 12.6. The molecule has 0 saturated heterocycles. The number of benzene rings is 1. The van der Waals surface area contributed by atoms with Crippen LogP contribution < -0.4 is 14.8 Å². The maximum absolute atomic E-state index is 13.6. The lowest BCUT2D eigenvalue weighted by Crippen LogP contribution is -2.68. The lowest BCUT2D eigenvalue weighted by molar-refractivity contribution is -0.175. The fraction of sp³-hybridized carbons (Fsp3) is 0.519. The topological polar surface area (TPSA) is 101 Å². The van der Waals surface area contributed by atoms with Crippen molar-refractivity contribution in [1.82, 2.24) is 15.2 Å². The van der Waals surface area contributed by atoms with Crippen molar-refractivity contribution in [2.45, 2.75) is 70.4 Å². The molecule has 1 fully saturated rings. The second-order valence-electron chi connectivity index (χ2n) is 9.27. The molecule has 0 aliphatic heterocycles. The van der Waals surface area contributed by atoms with Crippen LogP contribution in [0.5, 0.6) is 11.6 Å². The van der Waals surface area contributed by atoms with Crippen LogP contribution in [0.15, 0.2) is 42.5 Å². The molecule has 1 atom stereocenters. The Morgan fingerprint density at radius 1 is 1.11 bits per heavy atom. The number of alkyl halides is 2. The number of unbranched alkanes of at least 4 members (excludes halogenated alkanes) is 1. The van der Waals surface area contributed by atoms with Gasteiger partial charge in [-0.05, 0) is 45.6 Å². The van der Waals surface area contributed by atoms with E-state index in [1.807, 2.05) is 44.2 Å². The van der Waals surface area contributed by atoms with E-state index in [0.717, 1.165) is 12.8 Å². The van der Waals surface area contributed by atoms with Crippen molar-refractivity contribution < 1.29 is 33.0 Å². The van der Waals surface area contributed by atoms with E-state index in [1.165, 1.54) is 10.5 Å². The zero-order chi connectivity index (χ0) is 27.1. The number of rotatable bonds is 13. The average molecular weight is 520 g/mol. The number of carboxylic acid groups (broad SMARTS) is 1. The summed E-state index contributed by atoms with van der Waals surface area (Å²) < 4.78 is 38.5. The lowest BCUT2D eigenvalue weighted by atomic mass is 9.73. The number of aromatic nitrogens is 1. The normalized spacial score (nSPS) is 16.2. The number of urea groups is 1. The Kier molecular flexibility index (Phi) is 9.29. The van der Waals surface area contributed by atoms with Gasteiger partial charge in [-0.25, -0.2) is 23.4 Å². The standard InChI is InChI=1S/C27H35F2N3O5/c1-4-36-21-15-22(30-23(16-21)37-5-2)19(3)32(14-10-9-13-20-11-7-6-8-12-20)25(35)31-26(24(33)34)17-27(28,29)18-26/h6-8,11-12,15-16,19H,4-5,9-10,13-14,17-18H2,1-3H3,(H,31,35)(H,33,34). The summed E-state index contributed by atoms with van der Waals surface area (Å²) in [4.78, 5) is 31.2. The minimum Gasteiger partial charge on any atom is -0.494 e. The third kappa shape index (κ3) is 7.30. The van der Waals surface area contributed by atoms with Crippen molar-refractivity contribution in [2.24, 2.45) is 0 Å². The number of nitrogens with zero attached hydrogens (tertiary/aromatic N) is 2. The fourth-order valence-electron chi connectivity index (χ4n) is 4.47. The van der Waals surface area contributed by atoms with Gasteiger partial charge < -0.3 is 24.8 Å². The van der Waals surface area contributed by atoms with Crippen LogP contribution in [0.2, 0.25) is 0 Å². The Balaban J connectivity index is 1.81. The molecular weight excluding hydrogens is 484 g/mol. The molecule has 2 N–H and O–H groups in total. The Hall–Kier alpha value is -3.43. The van der Waals surface area contributed by atoms with Crippen molar-refractivity contribution in [3.63, 3.8) is 0 Å². The maximum Gasteiger partial charge on any atom is 0.329 e. The van der Waals surface area contributed by atoms with Crippen LogP contribution in [-0.2, 0) is 11.2 Å². The van der Waals surface area contributed by atoms with Gasteiger partial charge in [0, 0.05) is 31.5 Å². The number of carboxylic acids is 1. The molecule has 0 spiro atoms. The van der Waals surface area contributed by atoms with Crippen molar-refractivity contribution in [3.8, 4) is 11.6 Å². The van der Waals surface area contributed by atoms with Gasteiger partial charge in [-0.3, -0.25) is 0 Å². The Morgan fingerprint density at radius 3 is 2.38 bits per heavy atom. The highest BCUT2D eigenvalue weighted by Gasteiger charge is 2.62. The van der Waals surface area contributed by atoms with Gasteiger partial charge in [0.15, 0.2) is 5.54 Å². The van der Waals surface area contributed by atoms with Crippen LogP contribution in [0, 0.1) is 0 Å². The second-order valence-corrected chi connectivity index (χ2v) is 9.27. The molecule has 10 heteroatoms. The molecule has 1 unspecified atom stereocenters. The van der Waals surface area contributed by atoms with Crippen LogP contribution in [0.4, 0.5) is 13.6 Å². The molecule has 37 heavy (non-hydrogen) atoms. The van der Waals surface area contributed by atoms with Crippen molar-refractivity contribution in [1.29, 1.82) is 0 Å². The number of aryl methyl sites for hydroxylation is 1. The largest absolute Gasteiger partial charge is 0.494 e. The monoisotopic (exact) mass is 519 g/mol. The molecule has 2 aromatic rings. The number of halogens is 2. The summed E-state index contributed by atoms with van der Waals surface area (Å²) in [5.74, 6) is -3.75. The predicted octanol–water partition coefficient (Wildman–Crippen LogP) is 5.23. The van der Waals surface area contributed by atoms with Crippen LogP contribution in [0.25, 0.3) is 0 Å². The first-order valence-electron chi connectivity index (χ1n) is 12.6. The molecule has 1 aromatic heterocycles. The Morgan fingerprint density at radius 2 is 1.78 bits per heavy atom. The molecule has 0 bridgehead atoms. The van der Waals surface area contributed by atoms with Gasteiger partial charge in [0.1, 0.15) is 5.75 Å². The molecule has 1 aromatic carbocycles. The number of aliphatic carboxylic acids is 1. The minimum absolute atomic E-state index is 0.274. The highest BCUT2D eigenvalue weighted by Crippen LogP contribution is 2.46. The lowest BCUT2D eigenvalue weighted by Gasteiger charge is -2.45. The fourth-order valence-corrected chi connectivity index (χ4v) is 4.47. The zero-order valence-electron chi connectivity index (χ0n) is 21.5. The summed E-state index contributed by atoms with van der Waals surface area (Å²) in [6, 6.07) is 11.9. The van der Waals surface area contributed by atoms with E-state index in [1.54, 1.807) is 19.1 Å². The molecule has 202 valence electrons. The number of pyridine rings is 1. The highest BCUT2D eigenvalue weighted by atomic mass is 19.3. The van der Waals surface area contributed by atoms with E-state index >= 15 is 0 Å². The summed E-state index contributed by atoms with van der Waals surface area (Å²) in [5, 5.41) is 12.0. The van der Waals surface area contributed by atoms with Crippen molar-refractivity contribution in [3.05, 3.63) is 53.7 Å². The van der Waals surface area contributed by atoms with Gasteiger partial charge in [-0.2, -0.15) is 0 Å². The molecule has 2 amide bonds. The third-order valence-corrected chi connectivity index (χ3v) is 6.39. The first-order chi connectivity index (χ1) is 17.6. The Labute approximate surface area is 216 Å². The highest BCUT2D eigenvalue weighted by molar-refractivity contribution is 5.87. The van der Waals surface area contributed by atoms with Crippen molar-refractivity contribution in [2.75, 3.05) is 19.8 Å². The smallest absolute Gasteiger partial charge is 0.329 e. The predicted molar refractivity (Wildman–Crippen MR) is 134 cm³/mol. The summed E-state index contributed by atoms with van der Waals surface area (Å²) in [6.45, 7) is 6.50. The molecule has 8 nitrogen and oxygen atoms in total.